The van der Waals surface area contributed by atoms with Crippen molar-refractivity contribution < 1.29 is 18.7 Å². The van der Waals surface area contributed by atoms with E-state index in [4.69, 9.17) is 4.74 Å². The lowest BCUT2D eigenvalue weighted by Crippen LogP contribution is -2.32. The number of imide groups is 1. The standard InChI is InChI=1S/C25H21FN2O3/c1-15-4-11-19(12-5-15)27-23-22(17-7-9-18(26)10-8-17)24(29)28(25(23)30)20-14-16(2)6-13-21(20)31-3/h4-14,27H,1-3H3. The molecule has 3 aromatic rings. The van der Waals surface area contributed by atoms with E-state index in [9.17, 15) is 14.0 Å². The Bertz CT molecular complexity index is 1200. The van der Waals surface area contributed by atoms with Gasteiger partial charge < -0.3 is 10.1 Å². The van der Waals surface area contributed by atoms with Gasteiger partial charge >= 0.3 is 0 Å². The highest BCUT2D eigenvalue weighted by Crippen LogP contribution is 2.38. The molecule has 0 spiro atoms. The summed E-state index contributed by atoms with van der Waals surface area (Å²) in [6.45, 7) is 3.83. The third-order valence-corrected chi connectivity index (χ3v) is 5.11. The quantitative estimate of drug-likeness (QED) is 0.604. The minimum absolute atomic E-state index is 0.129. The first-order valence-electron chi connectivity index (χ1n) is 9.76. The van der Waals surface area contributed by atoms with E-state index in [-0.39, 0.29) is 11.3 Å². The largest absolute Gasteiger partial charge is 0.495 e. The van der Waals surface area contributed by atoms with Crippen LogP contribution in [0, 0.1) is 19.7 Å². The molecule has 6 heteroatoms. The highest BCUT2D eigenvalue weighted by atomic mass is 19.1. The van der Waals surface area contributed by atoms with E-state index in [1.165, 1.54) is 31.4 Å². The molecule has 0 saturated carbocycles. The molecular formula is C25H21FN2O3. The molecule has 0 radical (unpaired) electrons. The van der Waals surface area contributed by atoms with Crippen molar-refractivity contribution in [3.05, 3.63) is 94.9 Å². The number of benzene rings is 3. The van der Waals surface area contributed by atoms with Crippen LogP contribution < -0.4 is 15.0 Å². The third kappa shape index (κ3) is 3.80. The lowest BCUT2D eigenvalue weighted by atomic mass is 10.0. The van der Waals surface area contributed by atoms with Crippen LogP contribution in [0.5, 0.6) is 5.75 Å². The minimum atomic E-state index is -0.506. The summed E-state index contributed by atoms with van der Waals surface area (Å²) in [5, 5.41) is 3.10. The van der Waals surface area contributed by atoms with Gasteiger partial charge in [-0.15, -0.1) is 0 Å². The van der Waals surface area contributed by atoms with Crippen molar-refractivity contribution >= 4 is 28.8 Å². The molecule has 0 fully saturated rings. The van der Waals surface area contributed by atoms with Gasteiger partial charge in [-0.1, -0.05) is 35.9 Å². The maximum Gasteiger partial charge on any atom is 0.282 e. The number of ether oxygens (including phenoxy) is 1. The summed E-state index contributed by atoms with van der Waals surface area (Å²) in [7, 11) is 1.49. The van der Waals surface area contributed by atoms with Crippen LogP contribution >= 0.6 is 0 Å². The molecule has 0 bridgehead atoms. The summed E-state index contributed by atoms with van der Waals surface area (Å²) in [6.07, 6.45) is 0. The van der Waals surface area contributed by atoms with Gasteiger partial charge in [0, 0.05) is 5.69 Å². The zero-order valence-corrected chi connectivity index (χ0v) is 17.4. The summed E-state index contributed by atoms with van der Waals surface area (Å²) in [6, 6.07) is 18.3. The Morgan fingerprint density at radius 3 is 2.13 bits per heavy atom. The topological polar surface area (TPSA) is 58.6 Å². The number of rotatable bonds is 5. The molecule has 1 N–H and O–H groups in total. The van der Waals surface area contributed by atoms with E-state index in [1.54, 1.807) is 12.1 Å². The zero-order chi connectivity index (χ0) is 22.1. The van der Waals surface area contributed by atoms with Crippen molar-refractivity contribution in [3.8, 4) is 5.75 Å². The average molecular weight is 416 g/mol. The number of carbonyl (C=O) groups is 2. The number of amides is 2. The summed E-state index contributed by atoms with van der Waals surface area (Å²) < 4.78 is 18.9. The molecule has 2 amide bonds. The maximum atomic E-state index is 13.5. The van der Waals surface area contributed by atoms with Crippen LogP contribution in [0.3, 0.4) is 0 Å². The fourth-order valence-electron chi connectivity index (χ4n) is 3.50. The molecule has 0 atom stereocenters. The molecule has 1 heterocycles. The second-order valence-electron chi connectivity index (χ2n) is 7.37. The Kier molecular flexibility index (Phi) is 5.29. The normalized spacial score (nSPS) is 13.7. The number of nitrogens with zero attached hydrogens (tertiary/aromatic N) is 1. The van der Waals surface area contributed by atoms with E-state index in [0.717, 1.165) is 16.0 Å². The van der Waals surface area contributed by atoms with Crippen molar-refractivity contribution in [2.75, 3.05) is 17.3 Å². The molecule has 1 aliphatic heterocycles. The first kappa shape index (κ1) is 20.3. The van der Waals surface area contributed by atoms with E-state index >= 15 is 0 Å². The first-order valence-corrected chi connectivity index (χ1v) is 9.76. The van der Waals surface area contributed by atoms with E-state index in [1.807, 2.05) is 44.2 Å². The van der Waals surface area contributed by atoms with Gasteiger partial charge in [0.2, 0.25) is 0 Å². The van der Waals surface area contributed by atoms with Gasteiger partial charge in [-0.3, -0.25) is 9.59 Å². The number of halogens is 1. The van der Waals surface area contributed by atoms with Crippen LogP contribution in [0.1, 0.15) is 16.7 Å². The van der Waals surface area contributed by atoms with Gasteiger partial charge in [-0.25, -0.2) is 9.29 Å². The van der Waals surface area contributed by atoms with Crippen molar-refractivity contribution in [1.29, 1.82) is 0 Å². The summed E-state index contributed by atoms with van der Waals surface area (Å²) >= 11 is 0. The van der Waals surface area contributed by atoms with Gasteiger partial charge in [0.05, 0.1) is 18.4 Å². The molecular weight excluding hydrogens is 395 g/mol. The number of methoxy groups -OCH3 is 1. The molecule has 4 rings (SSSR count). The molecule has 3 aromatic carbocycles. The maximum absolute atomic E-state index is 13.5. The molecule has 5 nitrogen and oxygen atoms in total. The number of carbonyl (C=O) groups excluding carboxylic acids is 2. The van der Waals surface area contributed by atoms with Gasteiger partial charge in [-0.2, -0.15) is 0 Å². The van der Waals surface area contributed by atoms with E-state index < -0.39 is 17.6 Å². The van der Waals surface area contributed by atoms with Gasteiger partial charge in [0.1, 0.15) is 17.3 Å². The van der Waals surface area contributed by atoms with Crippen molar-refractivity contribution in [2.24, 2.45) is 0 Å². The second kappa shape index (κ2) is 8.07. The summed E-state index contributed by atoms with van der Waals surface area (Å²) in [5.41, 5.74) is 3.72. The van der Waals surface area contributed by atoms with Gasteiger partial charge in [0.25, 0.3) is 11.8 Å². The molecule has 156 valence electrons. The van der Waals surface area contributed by atoms with Crippen LogP contribution in [0.2, 0.25) is 0 Å². The fraction of sp³-hybridized carbons (Fsp3) is 0.120. The van der Waals surface area contributed by atoms with Crippen molar-refractivity contribution in [2.45, 2.75) is 13.8 Å². The first-order chi connectivity index (χ1) is 14.9. The van der Waals surface area contributed by atoms with Crippen molar-refractivity contribution in [1.82, 2.24) is 0 Å². The predicted octanol–water partition coefficient (Wildman–Crippen LogP) is 4.85. The Hall–Kier alpha value is -3.93. The summed E-state index contributed by atoms with van der Waals surface area (Å²) in [5.74, 6) is -1.03. The molecule has 0 unspecified atom stereocenters. The lowest BCUT2D eigenvalue weighted by Gasteiger charge is -2.19. The second-order valence-corrected chi connectivity index (χ2v) is 7.37. The summed E-state index contributed by atoms with van der Waals surface area (Å²) in [4.78, 5) is 28.1. The highest BCUT2D eigenvalue weighted by Gasteiger charge is 2.41. The molecule has 0 aromatic heterocycles. The number of aryl methyl sites for hydroxylation is 2. The monoisotopic (exact) mass is 416 g/mol. The number of anilines is 2. The van der Waals surface area contributed by atoms with Gasteiger partial charge in [-0.05, 0) is 61.4 Å². The zero-order valence-electron chi connectivity index (χ0n) is 17.4. The average Bonchev–Trinajstić information content (AvgIpc) is 3.00. The van der Waals surface area contributed by atoms with Crippen molar-refractivity contribution in [3.63, 3.8) is 0 Å². The van der Waals surface area contributed by atoms with Crippen LogP contribution in [0.25, 0.3) is 5.57 Å². The lowest BCUT2D eigenvalue weighted by molar-refractivity contribution is -0.120. The SMILES string of the molecule is COc1ccc(C)cc1N1C(=O)C(Nc2ccc(C)cc2)=C(c2ccc(F)cc2)C1=O. The van der Waals surface area contributed by atoms with Crippen LogP contribution in [-0.4, -0.2) is 18.9 Å². The van der Waals surface area contributed by atoms with Crippen LogP contribution in [0.15, 0.2) is 72.4 Å². The fourth-order valence-corrected chi connectivity index (χ4v) is 3.50. The minimum Gasteiger partial charge on any atom is -0.495 e. The Morgan fingerprint density at radius 1 is 0.839 bits per heavy atom. The Balaban J connectivity index is 1.85. The number of hydrogen-bond acceptors (Lipinski definition) is 4. The molecule has 31 heavy (non-hydrogen) atoms. The van der Waals surface area contributed by atoms with E-state index in [0.29, 0.717) is 22.7 Å². The number of hydrogen-bond donors (Lipinski definition) is 1. The van der Waals surface area contributed by atoms with Crippen LogP contribution in [-0.2, 0) is 9.59 Å². The van der Waals surface area contributed by atoms with Gasteiger partial charge in [0.15, 0.2) is 0 Å². The molecule has 0 saturated heterocycles. The van der Waals surface area contributed by atoms with Crippen LogP contribution in [0.4, 0.5) is 15.8 Å². The third-order valence-electron chi connectivity index (χ3n) is 5.11. The Labute approximate surface area is 179 Å². The smallest absolute Gasteiger partial charge is 0.282 e. The van der Waals surface area contributed by atoms with E-state index in [2.05, 4.69) is 5.32 Å². The highest BCUT2D eigenvalue weighted by molar-refractivity contribution is 6.46. The molecule has 1 aliphatic rings. The Morgan fingerprint density at radius 2 is 1.48 bits per heavy atom. The number of nitrogens with one attached hydrogen (secondary N) is 1. The molecule has 0 aliphatic carbocycles. The predicted molar refractivity (Wildman–Crippen MR) is 118 cm³/mol.